The van der Waals surface area contributed by atoms with Crippen molar-refractivity contribution in [2.45, 2.75) is 12.8 Å². The normalized spacial score (nSPS) is 9.62. The fourth-order valence-electron chi connectivity index (χ4n) is 0.981. The molecule has 13 heavy (non-hydrogen) atoms. The Morgan fingerprint density at radius 2 is 2.00 bits per heavy atom. The summed E-state index contributed by atoms with van der Waals surface area (Å²) in [6.07, 6.45) is 1.10. The average Bonchev–Trinajstić information content (AvgIpc) is 2.16. The van der Waals surface area contributed by atoms with Crippen LogP contribution in [0.5, 0.6) is 0 Å². The van der Waals surface area contributed by atoms with Gasteiger partial charge in [-0.05, 0) is 30.8 Å². The molecule has 68 valence electrons. The number of rotatable bonds is 3. The maximum Gasteiger partial charge on any atom is 0.245 e. The van der Waals surface area contributed by atoms with Gasteiger partial charge >= 0.3 is 0 Å². The van der Waals surface area contributed by atoms with Gasteiger partial charge in [-0.3, -0.25) is 4.79 Å². The number of amides is 1. The lowest BCUT2D eigenvalue weighted by molar-refractivity contribution is -0.117. The van der Waals surface area contributed by atoms with E-state index in [0.717, 1.165) is 5.56 Å². The summed E-state index contributed by atoms with van der Waals surface area (Å²) in [6.45, 7) is 3.17. The first-order valence-corrected chi connectivity index (χ1v) is 4.34. The number of aryl methyl sites for hydroxylation is 1. The van der Waals surface area contributed by atoms with Gasteiger partial charge in [0.15, 0.2) is 0 Å². The van der Waals surface area contributed by atoms with Gasteiger partial charge in [-0.2, -0.15) is 0 Å². The minimum absolute atomic E-state index is 0.171. The molecule has 0 saturated heterocycles. The van der Waals surface area contributed by atoms with Gasteiger partial charge in [-0.1, -0.05) is 23.7 Å². The van der Waals surface area contributed by atoms with E-state index in [1.807, 2.05) is 24.3 Å². The van der Waals surface area contributed by atoms with E-state index >= 15 is 0 Å². The quantitative estimate of drug-likeness (QED) is 0.682. The highest BCUT2D eigenvalue weighted by atomic mass is 35.5. The molecule has 1 rings (SSSR count). The van der Waals surface area contributed by atoms with Crippen molar-refractivity contribution in [3.63, 3.8) is 0 Å². The molecule has 0 aromatic heterocycles. The first kappa shape index (κ1) is 9.93. The molecule has 2 nitrogen and oxygen atoms in total. The zero-order chi connectivity index (χ0) is 9.68. The fraction of sp³-hybridized carbons (Fsp3) is 0.200. The van der Waals surface area contributed by atoms with Crippen LogP contribution in [0, 0.1) is 0 Å². The molecular weight excluding hydrogens is 186 g/mol. The number of hydrogen-bond acceptors (Lipinski definition) is 1. The minimum Gasteiger partial charge on any atom is -0.273 e. The van der Waals surface area contributed by atoms with Gasteiger partial charge in [0, 0.05) is 11.4 Å². The molecule has 0 N–H and O–H groups in total. The third-order valence-corrected chi connectivity index (χ3v) is 1.97. The van der Waals surface area contributed by atoms with Crippen LogP contribution < -0.4 is 0 Å². The SMILES string of the molecule is C=NC(=O)CCc1ccc(Cl)cc1. The van der Waals surface area contributed by atoms with Crippen LogP contribution in [0.4, 0.5) is 0 Å². The van der Waals surface area contributed by atoms with Gasteiger partial charge in [-0.15, -0.1) is 0 Å². The highest BCUT2D eigenvalue weighted by Gasteiger charge is 1.98. The molecule has 0 fully saturated rings. The second-order valence-electron chi connectivity index (χ2n) is 2.68. The van der Waals surface area contributed by atoms with E-state index in [1.54, 1.807) is 0 Å². The molecule has 0 bridgehead atoms. The highest BCUT2D eigenvalue weighted by molar-refractivity contribution is 6.30. The van der Waals surface area contributed by atoms with Crippen LogP contribution in [0.3, 0.4) is 0 Å². The number of nitrogens with zero attached hydrogens (tertiary/aromatic N) is 1. The molecule has 0 unspecified atom stereocenters. The van der Waals surface area contributed by atoms with Crippen LogP contribution in [0.2, 0.25) is 5.02 Å². The fourth-order valence-corrected chi connectivity index (χ4v) is 1.11. The van der Waals surface area contributed by atoms with E-state index in [4.69, 9.17) is 11.6 Å². The molecule has 0 aliphatic heterocycles. The van der Waals surface area contributed by atoms with E-state index in [0.29, 0.717) is 17.9 Å². The Kier molecular flexibility index (Phi) is 3.65. The minimum atomic E-state index is -0.171. The first-order chi connectivity index (χ1) is 6.22. The molecule has 3 heteroatoms. The molecule has 0 saturated carbocycles. The zero-order valence-corrected chi connectivity index (χ0v) is 7.92. The zero-order valence-electron chi connectivity index (χ0n) is 7.16. The van der Waals surface area contributed by atoms with Crippen LogP contribution in [0.15, 0.2) is 29.3 Å². The van der Waals surface area contributed by atoms with Crippen LogP contribution in [-0.2, 0) is 11.2 Å². The molecule has 0 atom stereocenters. The third kappa shape index (κ3) is 3.38. The monoisotopic (exact) mass is 195 g/mol. The number of carbonyl (C=O) groups is 1. The van der Waals surface area contributed by atoms with Gasteiger partial charge in [0.1, 0.15) is 0 Å². The lowest BCUT2D eigenvalue weighted by Crippen LogP contribution is -1.95. The summed E-state index contributed by atoms with van der Waals surface area (Å²) in [7, 11) is 0. The first-order valence-electron chi connectivity index (χ1n) is 3.96. The third-order valence-electron chi connectivity index (χ3n) is 1.72. The Morgan fingerprint density at radius 1 is 1.38 bits per heavy atom. The van der Waals surface area contributed by atoms with Gasteiger partial charge in [0.2, 0.25) is 5.91 Å². The van der Waals surface area contributed by atoms with Crippen LogP contribution in [-0.4, -0.2) is 12.6 Å². The van der Waals surface area contributed by atoms with E-state index in [9.17, 15) is 4.79 Å². The number of carbonyl (C=O) groups excluding carboxylic acids is 1. The second-order valence-corrected chi connectivity index (χ2v) is 3.11. The Balaban J connectivity index is 2.50. The Hall–Kier alpha value is -1.15. The van der Waals surface area contributed by atoms with Gasteiger partial charge < -0.3 is 0 Å². The van der Waals surface area contributed by atoms with Gasteiger partial charge in [-0.25, -0.2) is 4.99 Å². The average molecular weight is 196 g/mol. The summed E-state index contributed by atoms with van der Waals surface area (Å²) < 4.78 is 0. The summed E-state index contributed by atoms with van der Waals surface area (Å²) >= 11 is 5.71. The molecule has 0 radical (unpaired) electrons. The molecule has 1 amide bonds. The van der Waals surface area contributed by atoms with Crippen LogP contribution in [0.1, 0.15) is 12.0 Å². The van der Waals surface area contributed by atoms with Gasteiger partial charge in [0.05, 0.1) is 0 Å². The largest absolute Gasteiger partial charge is 0.273 e. The molecule has 1 aromatic carbocycles. The summed E-state index contributed by atoms with van der Waals surface area (Å²) in [4.78, 5) is 14.1. The van der Waals surface area contributed by atoms with E-state index in [1.165, 1.54) is 0 Å². The molecule has 1 aromatic rings. The molecule has 0 aliphatic rings. The maximum absolute atomic E-state index is 10.8. The van der Waals surface area contributed by atoms with E-state index < -0.39 is 0 Å². The predicted molar refractivity (Wildman–Crippen MR) is 54.3 cm³/mol. The standard InChI is InChI=1S/C10H10ClNO/c1-12-10(13)7-4-8-2-5-9(11)6-3-8/h2-3,5-6H,1,4,7H2. The van der Waals surface area contributed by atoms with Crippen molar-refractivity contribution in [3.8, 4) is 0 Å². The van der Waals surface area contributed by atoms with Crippen LogP contribution in [0.25, 0.3) is 0 Å². The Morgan fingerprint density at radius 3 is 2.54 bits per heavy atom. The smallest absolute Gasteiger partial charge is 0.245 e. The Labute approximate surface area is 82.3 Å². The topological polar surface area (TPSA) is 29.4 Å². The van der Waals surface area contributed by atoms with Crippen molar-refractivity contribution >= 4 is 24.2 Å². The van der Waals surface area contributed by atoms with Crippen molar-refractivity contribution in [2.24, 2.45) is 4.99 Å². The maximum atomic E-state index is 10.8. The van der Waals surface area contributed by atoms with Crippen molar-refractivity contribution in [3.05, 3.63) is 34.9 Å². The lowest BCUT2D eigenvalue weighted by atomic mass is 10.1. The van der Waals surface area contributed by atoms with E-state index in [-0.39, 0.29) is 5.91 Å². The number of benzene rings is 1. The van der Waals surface area contributed by atoms with Crippen molar-refractivity contribution < 1.29 is 4.79 Å². The summed E-state index contributed by atoms with van der Waals surface area (Å²) in [5, 5.41) is 0.705. The summed E-state index contributed by atoms with van der Waals surface area (Å²) in [5.74, 6) is -0.171. The predicted octanol–water partition coefficient (Wildman–Crippen LogP) is 2.50. The Bertz CT molecular complexity index is 305. The number of halogens is 1. The summed E-state index contributed by atoms with van der Waals surface area (Å²) in [5.41, 5.74) is 1.08. The molecular formula is C10H10ClNO. The molecule has 0 aliphatic carbocycles. The van der Waals surface area contributed by atoms with Crippen molar-refractivity contribution in [1.82, 2.24) is 0 Å². The second kappa shape index (κ2) is 4.77. The van der Waals surface area contributed by atoms with Gasteiger partial charge in [0.25, 0.3) is 0 Å². The summed E-state index contributed by atoms with van der Waals surface area (Å²) in [6, 6.07) is 7.42. The van der Waals surface area contributed by atoms with Crippen molar-refractivity contribution in [2.75, 3.05) is 0 Å². The molecule has 0 heterocycles. The lowest BCUT2D eigenvalue weighted by Gasteiger charge is -1.97. The number of aliphatic imine (C=N–C) groups is 1. The van der Waals surface area contributed by atoms with Crippen molar-refractivity contribution in [1.29, 1.82) is 0 Å². The van der Waals surface area contributed by atoms with E-state index in [2.05, 4.69) is 11.7 Å². The van der Waals surface area contributed by atoms with Crippen LogP contribution >= 0.6 is 11.6 Å². The highest BCUT2D eigenvalue weighted by Crippen LogP contribution is 2.10. The number of hydrogen-bond donors (Lipinski definition) is 0. The molecule has 0 spiro atoms.